The van der Waals surface area contributed by atoms with Crippen LogP contribution in [0.2, 0.25) is 0 Å². The van der Waals surface area contributed by atoms with E-state index in [1.807, 2.05) is 11.6 Å². The minimum absolute atomic E-state index is 0.118. The molecule has 0 spiro atoms. The van der Waals surface area contributed by atoms with E-state index in [1.165, 1.54) is 30.6 Å². The number of nitrogens with two attached hydrogens (primary N) is 1. The summed E-state index contributed by atoms with van der Waals surface area (Å²) in [6, 6.07) is 0. The lowest BCUT2D eigenvalue weighted by Gasteiger charge is -2.01. The summed E-state index contributed by atoms with van der Waals surface area (Å²) in [5.41, 5.74) is 6.81. The number of aromatic nitrogens is 3. The summed E-state index contributed by atoms with van der Waals surface area (Å²) in [6.07, 6.45) is 6.72. The van der Waals surface area contributed by atoms with E-state index in [-0.39, 0.29) is 5.96 Å². The zero-order valence-electron chi connectivity index (χ0n) is 12.1. The van der Waals surface area contributed by atoms with Gasteiger partial charge >= 0.3 is 0 Å². The van der Waals surface area contributed by atoms with Gasteiger partial charge in [0.1, 0.15) is 11.4 Å². The quantitative estimate of drug-likeness (QED) is 0.292. The highest BCUT2D eigenvalue weighted by molar-refractivity contribution is 7.14. The van der Waals surface area contributed by atoms with Crippen LogP contribution in [0.25, 0.3) is 11.4 Å². The summed E-state index contributed by atoms with van der Waals surface area (Å²) in [6.45, 7) is 3.12. The van der Waals surface area contributed by atoms with Crippen LogP contribution in [0.4, 0.5) is 11.1 Å². The SMILES string of the molecule is CCCCCCNc1nc(-c2csc(NC(=N)N)n2)c[nH]1. The van der Waals surface area contributed by atoms with Gasteiger partial charge in [-0.1, -0.05) is 26.2 Å². The first-order valence-corrected chi connectivity index (χ1v) is 7.93. The van der Waals surface area contributed by atoms with Gasteiger partial charge in [-0.3, -0.25) is 5.41 Å². The lowest BCUT2D eigenvalue weighted by molar-refractivity contribution is 0.683. The number of unbranched alkanes of at least 4 members (excludes halogenated alkanes) is 3. The minimum Gasteiger partial charge on any atom is -0.370 e. The molecule has 8 heteroatoms. The maximum atomic E-state index is 7.18. The van der Waals surface area contributed by atoms with E-state index in [4.69, 9.17) is 11.1 Å². The van der Waals surface area contributed by atoms with Gasteiger partial charge in [-0.2, -0.15) is 0 Å². The molecule has 0 aliphatic rings. The van der Waals surface area contributed by atoms with Crippen molar-refractivity contribution in [3.8, 4) is 11.4 Å². The largest absolute Gasteiger partial charge is 0.370 e. The summed E-state index contributed by atoms with van der Waals surface area (Å²) in [5, 5.41) is 15.6. The number of nitrogens with zero attached hydrogens (tertiary/aromatic N) is 2. The second-order valence-electron chi connectivity index (χ2n) is 4.70. The van der Waals surface area contributed by atoms with Crippen molar-refractivity contribution in [2.45, 2.75) is 32.6 Å². The Labute approximate surface area is 127 Å². The molecule has 7 nitrogen and oxygen atoms in total. The van der Waals surface area contributed by atoms with Crippen LogP contribution in [0.5, 0.6) is 0 Å². The molecule has 0 saturated carbocycles. The smallest absolute Gasteiger partial charge is 0.200 e. The lowest BCUT2D eigenvalue weighted by Crippen LogP contribution is -2.20. The van der Waals surface area contributed by atoms with E-state index >= 15 is 0 Å². The number of guanidine groups is 1. The first-order chi connectivity index (χ1) is 10.2. The van der Waals surface area contributed by atoms with Crippen LogP contribution < -0.4 is 16.4 Å². The molecular formula is C13H21N7S. The van der Waals surface area contributed by atoms with Crippen LogP contribution in [0, 0.1) is 5.41 Å². The average Bonchev–Trinajstić information content (AvgIpc) is 3.07. The van der Waals surface area contributed by atoms with Gasteiger partial charge in [0.25, 0.3) is 0 Å². The van der Waals surface area contributed by atoms with Gasteiger partial charge in [0, 0.05) is 18.1 Å². The molecular weight excluding hydrogens is 286 g/mol. The highest BCUT2D eigenvalue weighted by Crippen LogP contribution is 2.24. The average molecular weight is 307 g/mol. The second kappa shape index (κ2) is 7.63. The summed E-state index contributed by atoms with van der Waals surface area (Å²) < 4.78 is 0. The Kier molecular flexibility index (Phi) is 5.56. The Bertz CT molecular complexity index is 575. The molecule has 21 heavy (non-hydrogen) atoms. The molecule has 2 rings (SSSR count). The van der Waals surface area contributed by atoms with Crippen molar-refractivity contribution in [3.05, 3.63) is 11.6 Å². The maximum absolute atomic E-state index is 7.18. The molecule has 2 aromatic heterocycles. The number of nitrogens with one attached hydrogen (secondary N) is 4. The van der Waals surface area contributed by atoms with Gasteiger partial charge in [0.2, 0.25) is 5.95 Å². The fourth-order valence-corrected chi connectivity index (χ4v) is 2.58. The molecule has 2 heterocycles. The van der Waals surface area contributed by atoms with E-state index < -0.39 is 0 Å². The van der Waals surface area contributed by atoms with Crippen LogP contribution in [0.1, 0.15) is 32.6 Å². The summed E-state index contributed by atoms with van der Waals surface area (Å²) in [5.74, 6) is 0.642. The molecule has 0 aliphatic heterocycles. The van der Waals surface area contributed by atoms with E-state index in [0.717, 1.165) is 30.3 Å². The predicted molar refractivity (Wildman–Crippen MR) is 87.9 cm³/mol. The summed E-state index contributed by atoms with van der Waals surface area (Å²) >= 11 is 1.39. The normalized spacial score (nSPS) is 10.5. The van der Waals surface area contributed by atoms with Gasteiger partial charge in [-0.25, -0.2) is 9.97 Å². The molecule has 0 unspecified atom stereocenters. The third kappa shape index (κ3) is 4.75. The highest BCUT2D eigenvalue weighted by Gasteiger charge is 2.08. The van der Waals surface area contributed by atoms with Crippen LogP contribution in [-0.2, 0) is 0 Å². The fourth-order valence-electron chi connectivity index (χ4n) is 1.87. The number of H-pyrrole nitrogens is 1. The molecule has 0 atom stereocenters. The molecule has 0 radical (unpaired) electrons. The van der Waals surface area contributed by atoms with Crippen molar-refractivity contribution in [3.63, 3.8) is 0 Å². The number of imidazole rings is 1. The van der Waals surface area contributed by atoms with E-state index in [1.54, 1.807) is 0 Å². The first-order valence-electron chi connectivity index (χ1n) is 7.05. The van der Waals surface area contributed by atoms with E-state index in [2.05, 4.69) is 32.5 Å². The zero-order chi connectivity index (χ0) is 15.1. The maximum Gasteiger partial charge on any atom is 0.200 e. The van der Waals surface area contributed by atoms with Crippen molar-refractivity contribution in [1.82, 2.24) is 15.0 Å². The predicted octanol–water partition coefficient (Wildman–Crippen LogP) is 2.83. The van der Waals surface area contributed by atoms with Crippen LogP contribution in [0.15, 0.2) is 11.6 Å². The highest BCUT2D eigenvalue weighted by atomic mass is 32.1. The van der Waals surface area contributed by atoms with Crippen molar-refractivity contribution >= 4 is 28.4 Å². The first kappa shape index (κ1) is 15.3. The minimum atomic E-state index is -0.118. The Hall–Kier alpha value is -2.09. The van der Waals surface area contributed by atoms with Crippen LogP contribution in [-0.4, -0.2) is 27.5 Å². The van der Waals surface area contributed by atoms with E-state index in [9.17, 15) is 0 Å². The topological polar surface area (TPSA) is 116 Å². The van der Waals surface area contributed by atoms with Crippen molar-refractivity contribution in [1.29, 1.82) is 5.41 Å². The molecule has 0 aliphatic carbocycles. The zero-order valence-corrected chi connectivity index (χ0v) is 12.9. The Morgan fingerprint density at radius 3 is 2.95 bits per heavy atom. The number of anilines is 2. The Balaban J connectivity index is 1.87. The lowest BCUT2D eigenvalue weighted by atomic mass is 10.2. The van der Waals surface area contributed by atoms with Gasteiger partial charge in [0.15, 0.2) is 11.1 Å². The van der Waals surface area contributed by atoms with Gasteiger partial charge in [0.05, 0.1) is 0 Å². The molecule has 0 fully saturated rings. The number of rotatable bonds is 8. The van der Waals surface area contributed by atoms with E-state index in [0.29, 0.717) is 5.13 Å². The standard InChI is InChI=1S/C13H21N7S/c1-2-3-4-5-6-16-12-17-7-9(18-12)10-8-21-13(19-10)20-11(14)15/h7-8H,2-6H2,1H3,(H2,16,17,18)(H4,14,15,19,20). The molecule has 0 aromatic carbocycles. The van der Waals surface area contributed by atoms with Crippen molar-refractivity contribution in [2.75, 3.05) is 17.2 Å². The number of aromatic amines is 1. The molecule has 6 N–H and O–H groups in total. The molecule has 0 bridgehead atoms. The van der Waals surface area contributed by atoms with Gasteiger partial charge in [-0.15, -0.1) is 11.3 Å². The molecule has 0 amide bonds. The third-order valence-electron chi connectivity index (χ3n) is 2.91. The molecule has 2 aromatic rings. The molecule has 0 saturated heterocycles. The van der Waals surface area contributed by atoms with Gasteiger partial charge in [-0.05, 0) is 6.42 Å². The fraction of sp³-hybridized carbons (Fsp3) is 0.462. The van der Waals surface area contributed by atoms with Crippen LogP contribution >= 0.6 is 11.3 Å². The summed E-state index contributed by atoms with van der Waals surface area (Å²) in [7, 11) is 0. The molecule has 114 valence electrons. The Morgan fingerprint density at radius 1 is 1.33 bits per heavy atom. The van der Waals surface area contributed by atoms with Crippen LogP contribution in [0.3, 0.4) is 0 Å². The summed E-state index contributed by atoms with van der Waals surface area (Å²) in [4.78, 5) is 11.9. The monoisotopic (exact) mass is 307 g/mol. The Morgan fingerprint density at radius 2 is 2.19 bits per heavy atom. The second-order valence-corrected chi connectivity index (χ2v) is 5.56. The number of hydrogen-bond acceptors (Lipinski definition) is 5. The number of thiazole rings is 1. The van der Waals surface area contributed by atoms with Crippen molar-refractivity contribution in [2.24, 2.45) is 5.73 Å². The van der Waals surface area contributed by atoms with Gasteiger partial charge < -0.3 is 21.4 Å². The van der Waals surface area contributed by atoms with Crippen molar-refractivity contribution < 1.29 is 0 Å². The number of hydrogen-bond donors (Lipinski definition) is 5. The third-order valence-corrected chi connectivity index (χ3v) is 3.67.